The first-order valence-electron chi connectivity index (χ1n) is 11.3. The van der Waals surface area contributed by atoms with Gasteiger partial charge >= 0.3 is 5.97 Å². The molecule has 0 amide bonds. The van der Waals surface area contributed by atoms with E-state index in [1.54, 1.807) is 24.3 Å². The number of nitrogens with one attached hydrogen (secondary N) is 1. The molecular weight excluding hydrogens is 426 g/mol. The molecule has 8 heteroatoms. The Balaban J connectivity index is 1.57. The van der Waals surface area contributed by atoms with Gasteiger partial charge in [0.05, 0.1) is 21.8 Å². The fraction of sp³-hybridized carbons (Fsp3) is 0.458. The second-order valence-electron chi connectivity index (χ2n) is 8.77. The molecule has 1 saturated heterocycles. The number of carboxylic acid groups (broad SMARTS) is 1. The summed E-state index contributed by atoms with van der Waals surface area (Å²) in [6.07, 6.45) is 6.44. The van der Waals surface area contributed by atoms with E-state index in [2.05, 4.69) is 14.5 Å². The van der Waals surface area contributed by atoms with Crippen LogP contribution in [-0.4, -0.2) is 56.6 Å². The van der Waals surface area contributed by atoms with Crippen LogP contribution in [0.1, 0.15) is 48.0 Å². The highest BCUT2D eigenvalue weighted by atomic mass is 32.2. The summed E-state index contributed by atoms with van der Waals surface area (Å²) in [6.45, 7) is 5.25. The molecule has 1 saturated carbocycles. The lowest BCUT2D eigenvalue weighted by Gasteiger charge is -2.42. The molecule has 32 heavy (non-hydrogen) atoms. The van der Waals surface area contributed by atoms with Crippen molar-refractivity contribution in [1.82, 2.24) is 4.90 Å². The zero-order valence-corrected chi connectivity index (χ0v) is 19.3. The number of hydrogen-bond acceptors (Lipinski definition) is 5. The maximum absolute atomic E-state index is 13.0. The van der Waals surface area contributed by atoms with Crippen molar-refractivity contribution in [3.8, 4) is 0 Å². The number of nitrogens with zero attached hydrogens (tertiary/aromatic N) is 2. The van der Waals surface area contributed by atoms with E-state index in [1.165, 1.54) is 44.2 Å². The van der Waals surface area contributed by atoms with Gasteiger partial charge in [-0.15, -0.1) is 0 Å². The van der Waals surface area contributed by atoms with Gasteiger partial charge in [0.25, 0.3) is 10.0 Å². The summed E-state index contributed by atoms with van der Waals surface area (Å²) in [6, 6.07) is 12.0. The molecule has 172 valence electrons. The van der Waals surface area contributed by atoms with Crippen LogP contribution in [0.25, 0.3) is 0 Å². The minimum atomic E-state index is -3.85. The minimum Gasteiger partial charge on any atom is -0.478 e. The average molecular weight is 458 g/mol. The molecule has 2 aromatic rings. The van der Waals surface area contributed by atoms with Crippen molar-refractivity contribution in [3.63, 3.8) is 0 Å². The van der Waals surface area contributed by atoms with Crippen LogP contribution < -0.4 is 9.62 Å². The van der Waals surface area contributed by atoms with E-state index in [1.807, 2.05) is 13.0 Å². The topological polar surface area (TPSA) is 89.9 Å². The van der Waals surface area contributed by atoms with E-state index in [-0.39, 0.29) is 10.5 Å². The Hall–Kier alpha value is -2.58. The van der Waals surface area contributed by atoms with Gasteiger partial charge < -0.3 is 10.0 Å². The third-order valence-electron chi connectivity index (χ3n) is 6.53. The van der Waals surface area contributed by atoms with Gasteiger partial charge in [-0.3, -0.25) is 9.62 Å². The molecule has 0 spiro atoms. The first-order chi connectivity index (χ1) is 15.3. The summed E-state index contributed by atoms with van der Waals surface area (Å²) >= 11 is 0. The molecule has 0 radical (unpaired) electrons. The van der Waals surface area contributed by atoms with Gasteiger partial charge in [-0.2, -0.15) is 0 Å². The van der Waals surface area contributed by atoms with Crippen LogP contribution in [0.2, 0.25) is 0 Å². The molecule has 2 N–H and O–H groups in total. The van der Waals surface area contributed by atoms with Crippen LogP contribution in [0.4, 0.5) is 11.4 Å². The molecule has 2 aliphatic rings. The van der Waals surface area contributed by atoms with Crippen molar-refractivity contribution in [3.05, 3.63) is 53.6 Å². The number of rotatable bonds is 6. The SMILES string of the molecule is Cc1cccc(S(=O)(=O)Nc2cc(C(=O)O)ccc2N2CCN(C3CCCCC3)CC2)c1. The van der Waals surface area contributed by atoms with Gasteiger partial charge in [-0.1, -0.05) is 31.4 Å². The Bertz CT molecular complexity index is 1070. The van der Waals surface area contributed by atoms with E-state index < -0.39 is 16.0 Å². The van der Waals surface area contributed by atoms with E-state index >= 15 is 0 Å². The molecule has 2 aromatic carbocycles. The quantitative estimate of drug-likeness (QED) is 0.683. The predicted octanol–water partition coefficient (Wildman–Crippen LogP) is 3.95. The van der Waals surface area contributed by atoms with Crippen LogP contribution >= 0.6 is 0 Å². The fourth-order valence-corrected chi connectivity index (χ4v) is 5.96. The van der Waals surface area contributed by atoms with Crippen LogP contribution in [0, 0.1) is 6.92 Å². The summed E-state index contributed by atoms with van der Waals surface area (Å²) in [5.74, 6) is -1.09. The third-order valence-corrected chi connectivity index (χ3v) is 7.90. The molecule has 0 atom stereocenters. The minimum absolute atomic E-state index is 0.0523. The summed E-state index contributed by atoms with van der Waals surface area (Å²) in [5.41, 5.74) is 1.91. The van der Waals surface area contributed by atoms with Gasteiger partial charge in [0, 0.05) is 32.2 Å². The third kappa shape index (κ3) is 5.07. The monoisotopic (exact) mass is 457 g/mol. The number of aryl methyl sites for hydroxylation is 1. The molecule has 1 heterocycles. The van der Waals surface area contributed by atoms with Crippen molar-refractivity contribution >= 4 is 27.4 Å². The van der Waals surface area contributed by atoms with E-state index in [0.29, 0.717) is 11.7 Å². The van der Waals surface area contributed by atoms with Gasteiger partial charge in [0.15, 0.2) is 0 Å². The van der Waals surface area contributed by atoms with E-state index in [4.69, 9.17) is 0 Å². The number of piperazine rings is 1. The number of anilines is 2. The largest absolute Gasteiger partial charge is 0.478 e. The van der Waals surface area contributed by atoms with Gasteiger partial charge in [0.1, 0.15) is 0 Å². The van der Waals surface area contributed by atoms with Crippen molar-refractivity contribution in [1.29, 1.82) is 0 Å². The van der Waals surface area contributed by atoms with Gasteiger partial charge in [-0.05, 0) is 55.7 Å². The van der Waals surface area contributed by atoms with E-state index in [9.17, 15) is 18.3 Å². The highest BCUT2D eigenvalue weighted by molar-refractivity contribution is 7.92. The number of benzene rings is 2. The molecule has 7 nitrogen and oxygen atoms in total. The fourth-order valence-electron chi connectivity index (χ4n) is 4.79. The Labute approximate surface area is 190 Å². The van der Waals surface area contributed by atoms with Crippen LogP contribution in [0.5, 0.6) is 0 Å². The zero-order valence-electron chi connectivity index (χ0n) is 18.5. The molecule has 0 aromatic heterocycles. The zero-order chi connectivity index (χ0) is 22.7. The van der Waals surface area contributed by atoms with Crippen molar-refractivity contribution in [2.75, 3.05) is 35.8 Å². The average Bonchev–Trinajstić information content (AvgIpc) is 2.79. The standard InChI is InChI=1S/C24H31N3O4S/c1-18-6-5-9-21(16-18)32(30,31)25-22-17-19(24(28)29)10-11-23(22)27-14-12-26(13-15-27)20-7-3-2-4-8-20/h5-6,9-11,16-17,20,25H,2-4,7-8,12-15H2,1H3,(H,28,29). The van der Waals surface area contributed by atoms with Crippen molar-refractivity contribution in [2.24, 2.45) is 0 Å². The Morgan fingerprint density at radius 3 is 2.38 bits per heavy atom. The lowest BCUT2D eigenvalue weighted by Crippen LogP contribution is -2.51. The molecular formula is C24H31N3O4S. The number of aromatic carboxylic acids is 1. The predicted molar refractivity (Wildman–Crippen MR) is 126 cm³/mol. The second-order valence-corrected chi connectivity index (χ2v) is 10.5. The van der Waals surface area contributed by atoms with Crippen LogP contribution in [-0.2, 0) is 10.0 Å². The number of carbonyl (C=O) groups is 1. The number of hydrogen-bond donors (Lipinski definition) is 2. The lowest BCUT2D eigenvalue weighted by atomic mass is 9.94. The van der Waals surface area contributed by atoms with Gasteiger partial charge in [-0.25, -0.2) is 13.2 Å². The molecule has 1 aliphatic heterocycles. The Morgan fingerprint density at radius 1 is 1.00 bits per heavy atom. The Kier molecular flexibility index (Phi) is 6.71. The molecule has 0 bridgehead atoms. The molecule has 2 fully saturated rings. The van der Waals surface area contributed by atoms with Crippen LogP contribution in [0.3, 0.4) is 0 Å². The Morgan fingerprint density at radius 2 is 1.72 bits per heavy atom. The smallest absolute Gasteiger partial charge is 0.335 e. The summed E-state index contributed by atoms with van der Waals surface area (Å²) in [5, 5.41) is 9.44. The van der Waals surface area contributed by atoms with Crippen molar-refractivity contribution < 1.29 is 18.3 Å². The van der Waals surface area contributed by atoms with Gasteiger partial charge in [0.2, 0.25) is 0 Å². The highest BCUT2D eigenvalue weighted by Gasteiger charge is 2.27. The summed E-state index contributed by atoms with van der Waals surface area (Å²) in [4.78, 5) is 16.4. The van der Waals surface area contributed by atoms with E-state index in [0.717, 1.165) is 37.4 Å². The lowest BCUT2D eigenvalue weighted by molar-refractivity contribution is 0.0697. The second kappa shape index (κ2) is 9.50. The normalized spacial score (nSPS) is 18.5. The summed E-state index contributed by atoms with van der Waals surface area (Å²) < 4.78 is 28.7. The van der Waals surface area contributed by atoms with Crippen LogP contribution in [0.15, 0.2) is 47.4 Å². The first kappa shape index (κ1) is 22.6. The highest BCUT2D eigenvalue weighted by Crippen LogP contribution is 2.32. The summed E-state index contributed by atoms with van der Waals surface area (Å²) in [7, 11) is -3.85. The number of sulfonamides is 1. The maximum atomic E-state index is 13.0. The maximum Gasteiger partial charge on any atom is 0.335 e. The molecule has 4 rings (SSSR count). The molecule has 1 aliphatic carbocycles. The first-order valence-corrected chi connectivity index (χ1v) is 12.8. The van der Waals surface area contributed by atoms with Crippen molar-refractivity contribution in [2.45, 2.75) is 50.0 Å². The molecule has 0 unspecified atom stereocenters. The number of carboxylic acids is 1.